The summed E-state index contributed by atoms with van der Waals surface area (Å²) in [4.78, 5) is 0. The third kappa shape index (κ3) is 2.75. The highest BCUT2D eigenvalue weighted by molar-refractivity contribution is 6.46. The lowest BCUT2D eigenvalue weighted by molar-refractivity contribution is 0.0983. The lowest BCUT2D eigenvalue weighted by Gasteiger charge is -2.23. The Bertz CT molecular complexity index is 393. The number of hydrogen-bond acceptors (Lipinski definition) is 4. The molecule has 20 heavy (non-hydrogen) atoms. The molecule has 3 aliphatic rings. The molecule has 0 aliphatic carbocycles. The maximum absolute atomic E-state index is 5.96. The van der Waals surface area contributed by atoms with Crippen molar-refractivity contribution >= 4 is 14.2 Å². The molecule has 3 rings (SSSR count). The van der Waals surface area contributed by atoms with Crippen LogP contribution in [0, 0.1) is 0 Å². The molecule has 2 fully saturated rings. The van der Waals surface area contributed by atoms with Crippen LogP contribution in [-0.4, -0.2) is 37.6 Å². The number of fused-ring (bicyclic) bond motifs is 4. The van der Waals surface area contributed by atoms with Crippen LogP contribution in [0.15, 0.2) is 24.3 Å². The molecule has 2 unspecified atom stereocenters. The van der Waals surface area contributed by atoms with E-state index in [1.165, 1.54) is 0 Å². The van der Waals surface area contributed by atoms with Gasteiger partial charge in [0.25, 0.3) is 0 Å². The second-order valence-electron chi connectivity index (χ2n) is 6.74. The second kappa shape index (κ2) is 5.02. The fraction of sp³-hybridized carbons (Fsp3) is 0.714. The van der Waals surface area contributed by atoms with E-state index in [1.54, 1.807) is 0 Å². The minimum absolute atomic E-state index is 0.0227. The van der Waals surface area contributed by atoms with Gasteiger partial charge in [0.1, 0.15) is 0 Å². The minimum Gasteiger partial charge on any atom is -0.403 e. The van der Waals surface area contributed by atoms with Crippen molar-refractivity contribution in [2.24, 2.45) is 0 Å². The molecule has 0 N–H and O–H groups in total. The van der Waals surface area contributed by atoms with E-state index in [1.807, 2.05) is 0 Å². The predicted molar refractivity (Wildman–Crippen MR) is 79.5 cm³/mol. The molecule has 0 aromatic heterocycles. The van der Waals surface area contributed by atoms with Crippen LogP contribution in [-0.2, 0) is 18.6 Å². The van der Waals surface area contributed by atoms with Gasteiger partial charge >= 0.3 is 14.2 Å². The molecule has 4 bridgehead atoms. The fourth-order valence-corrected chi connectivity index (χ4v) is 2.91. The molecule has 3 heterocycles. The zero-order valence-electron chi connectivity index (χ0n) is 12.7. The van der Waals surface area contributed by atoms with E-state index in [0.29, 0.717) is 0 Å². The van der Waals surface area contributed by atoms with E-state index in [9.17, 15) is 0 Å². The van der Waals surface area contributed by atoms with E-state index in [0.717, 1.165) is 12.6 Å². The standard InChI is InChI=1S/C14H22B2O4/c1-13(2)11-7-5-10-16-18-12(14(3,4)20-16)8-6-9-15(17-11)19-13/h5-8,11-12H,9-10H2,1-4H3/b7-5+,8-6+. The van der Waals surface area contributed by atoms with Crippen LogP contribution in [0.1, 0.15) is 27.7 Å². The first kappa shape index (κ1) is 14.4. The summed E-state index contributed by atoms with van der Waals surface area (Å²) >= 11 is 0. The molecule has 0 radical (unpaired) electrons. The van der Waals surface area contributed by atoms with Gasteiger partial charge < -0.3 is 18.6 Å². The Kier molecular flexibility index (Phi) is 3.61. The van der Waals surface area contributed by atoms with Crippen LogP contribution < -0.4 is 0 Å². The predicted octanol–water partition coefficient (Wildman–Crippen LogP) is 2.48. The molecule has 0 saturated carbocycles. The first-order chi connectivity index (χ1) is 9.37. The molecular weight excluding hydrogens is 254 g/mol. The van der Waals surface area contributed by atoms with Gasteiger partial charge in [0, 0.05) is 12.6 Å². The lowest BCUT2D eigenvalue weighted by atomic mass is 9.84. The highest BCUT2D eigenvalue weighted by Gasteiger charge is 2.46. The molecule has 4 nitrogen and oxygen atoms in total. The normalized spacial score (nSPS) is 38.2. The summed E-state index contributed by atoms with van der Waals surface area (Å²) < 4.78 is 23.8. The van der Waals surface area contributed by atoms with Gasteiger partial charge in [0.05, 0.1) is 23.4 Å². The third-order valence-electron chi connectivity index (χ3n) is 4.12. The summed E-state index contributed by atoms with van der Waals surface area (Å²) in [7, 11) is -0.367. The number of rotatable bonds is 0. The maximum Gasteiger partial charge on any atom is 0.461 e. The van der Waals surface area contributed by atoms with Crippen LogP contribution in [0.2, 0.25) is 12.6 Å². The molecule has 3 aliphatic heterocycles. The maximum atomic E-state index is 5.96. The highest BCUT2D eigenvalue weighted by atomic mass is 16.7. The van der Waals surface area contributed by atoms with Gasteiger partial charge in [-0.15, -0.1) is 0 Å². The van der Waals surface area contributed by atoms with Crippen molar-refractivity contribution in [3.05, 3.63) is 24.3 Å². The first-order valence-corrected chi connectivity index (χ1v) is 7.37. The second-order valence-corrected chi connectivity index (χ2v) is 6.74. The summed E-state index contributed by atoms with van der Waals surface area (Å²) in [5, 5.41) is 0. The Morgan fingerprint density at radius 1 is 0.800 bits per heavy atom. The Morgan fingerprint density at radius 3 is 1.60 bits per heavy atom. The van der Waals surface area contributed by atoms with Crippen molar-refractivity contribution in [1.82, 2.24) is 0 Å². The van der Waals surface area contributed by atoms with E-state index in [4.69, 9.17) is 18.6 Å². The zero-order valence-corrected chi connectivity index (χ0v) is 12.7. The smallest absolute Gasteiger partial charge is 0.403 e. The summed E-state index contributed by atoms with van der Waals surface area (Å²) in [6.07, 6.45) is 9.70. The molecule has 108 valence electrons. The van der Waals surface area contributed by atoms with Crippen LogP contribution in [0.4, 0.5) is 0 Å². The van der Waals surface area contributed by atoms with Gasteiger partial charge in [0.15, 0.2) is 0 Å². The Hall–Kier alpha value is -0.550. The SMILES string of the molecule is CC1(C)OB2C/C=C/C3OB(C/C=C/C1O2)OC3(C)C. The quantitative estimate of drug-likeness (QED) is 0.503. The van der Waals surface area contributed by atoms with Gasteiger partial charge in [0.2, 0.25) is 0 Å². The molecule has 2 saturated heterocycles. The largest absolute Gasteiger partial charge is 0.461 e. The number of hydrogen-bond donors (Lipinski definition) is 0. The lowest BCUT2D eigenvalue weighted by Crippen LogP contribution is -2.32. The molecule has 0 aromatic rings. The van der Waals surface area contributed by atoms with Crippen LogP contribution in [0.3, 0.4) is 0 Å². The summed E-state index contributed by atoms with van der Waals surface area (Å²) in [6, 6.07) is 0. The summed E-state index contributed by atoms with van der Waals surface area (Å²) in [5.74, 6) is 0. The average Bonchev–Trinajstić information content (AvgIpc) is 2.76. The van der Waals surface area contributed by atoms with Crippen LogP contribution in [0.5, 0.6) is 0 Å². The summed E-state index contributed by atoms with van der Waals surface area (Å²) in [6.45, 7) is 8.25. The summed E-state index contributed by atoms with van der Waals surface area (Å²) in [5.41, 5.74) is -0.577. The van der Waals surface area contributed by atoms with Crippen molar-refractivity contribution in [2.45, 2.75) is 63.7 Å². The average molecular weight is 276 g/mol. The van der Waals surface area contributed by atoms with E-state index in [2.05, 4.69) is 52.0 Å². The topological polar surface area (TPSA) is 36.9 Å². The van der Waals surface area contributed by atoms with Gasteiger partial charge in [-0.1, -0.05) is 24.3 Å². The van der Waals surface area contributed by atoms with Crippen molar-refractivity contribution in [3.8, 4) is 0 Å². The van der Waals surface area contributed by atoms with Crippen molar-refractivity contribution in [3.63, 3.8) is 0 Å². The molecule has 0 aromatic carbocycles. The molecular formula is C14H22B2O4. The van der Waals surface area contributed by atoms with E-state index in [-0.39, 0.29) is 37.6 Å². The first-order valence-electron chi connectivity index (χ1n) is 7.37. The van der Waals surface area contributed by atoms with Crippen LogP contribution in [0.25, 0.3) is 0 Å². The Labute approximate surface area is 121 Å². The van der Waals surface area contributed by atoms with Gasteiger partial charge in [-0.2, -0.15) is 0 Å². The Morgan fingerprint density at radius 2 is 1.20 bits per heavy atom. The van der Waals surface area contributed by atoms with E-state index >= 15 is 0 Å². The van der Waals surface area contributed by atoms with Gasteiger partial charge in [-0.05, 0) is 27.7 Å². The third-order valence-corrected chi connectivity index (χ3v) is 4.12. The van der Waals surface area contributed by atoms with Crippen molar-refractivity contribution < 1.29 is 18.6 Å². The monoisotopic (exact) mass is 276 g/mol. The zero-order chi connectivity index (χ0) is 14.4. The molecule has 0 amide bonds. The Balaban J connectivity index is 1.81. The van der Waals surface area contributed by atoms with Crippen molar-refractivity contribution in [2.75, 3.05) is 0 Å². The highest BCUT2D eigenvalue weighted by Crippen LogP contribution is 2.33. The van der Waals surface area contributed by atoms with E-state index < -0.39 is 0 Å². The fourth-order valence-electron chi connectivity index (χ4n) is 2.91. The van der Waals surface area contributed by atoms with Crippen molar-refractivity contribution in [1.29, 1.82) is 0 Å². The molecule has 0 spiro atoms. The van der Waals surface area contributed by atoms with Gasteiger partial charge in [-0.3, -0.25) is 0 Å². The minimum atomic E-state index is -0.289. The number of allylic oxidation sites excluding steroid dienone is 2. The van der Waals surface area contributed by atoms with Gasteiger partial charge in [-0.25, -0.2) is 0 Å². The molecule has 6 heteroatoms. The molecule has 2 atom stereocenters. The van der Waals surface area contributed by atoms with Crippen LogP contribution >= 0.6 is 0 Å².